The third-order valence-electron chi connectivity index (χ3n) is 7.18. The molecule has 1 heterocycles. The van der Waals surface area contributed by atoms with Gasteiger partial charge in [-0.15, -0.1) is 0 Å². The van der Waals surface area contributed by atoms with Gasteiger partial charge in [-0.3, -0.25) is 24.0 Å². The molecule has 0 radical (unpaired) electrons. The van der Waals surface area contributed by atoms with Gasteiger partial charge in [0.1, 0.15) is 30.2 Å². The van der Waals surface area contributed by atoms with Gasteiger partial charge in [0.2, 0.25) is 29.5 Å². The lowest BCUT2D eigenvalue weighted by Gasteiger charge is -2.28. The highest BCUT2D eigenvalue weighted by Crippen LogP contribution is 2.14. The van der Waals surface area contributed by atoms with E-state index in [1.165, 1.54) is 0 Å². The molecule has 0 bridgehead atoms. The van der Waals surface area contributed by atoms with Crippen molar-refractivity contribution in [1.29, 1.82) is 0 Å². The summed E-state index contributed by atoms with van der Waals surface area (Å²) < 4.78 is 0. The lowest BCUT2D eigenvalue weighted by atomic mass is 9.98. The van der Waals surface area contributed by atoms with Crippen LogP contribution in [0.4, 0.5) is 0 Å². The maximum Gasteiger partial charge on any atom is 0.243 e. The second-order valence-corrected chi connectivity index (χ2v) is 13.1. The van der Waals surface area contributed by atoms with Crippen molar-refractivity contribution in [3.8, 4) is 0 Å². The molecular formula is C32H51N5O5. The Morgan fingerprint density at radius 3 is 1.26 bits per heavy atom. The van der Waals surface area contributed by atoms with Gasteiger partial charge in [0.25, 0.3) is 0 Å². The zero-order chi connectivity index (χ0) is 31.6. The van der Waals surface area contributed by atoms with E-state index in [9.17, 15) is 24.0 Å². The molecule has 1 aromatic rings. The van der Waals surface area contributed by atoms with E-state index in [4.69, 9.17) is 0 Å². The molecule has 5 N–H and O–H groups in total. The first-order valence-corrected chi connectivity index (χ1v) is 15.2. The van der Waals surface area contributed by atoms with Gasteiger partial charge >= 0.3 is 0 Å². The topological polar surface area (TPSA) is 146 Å². The van der Waals surface area contributed by atoms with Crippen LogP contribution in [0.1, 0.15) is 80.2 Å². The standard InChI is InChI=1S/C32H51N5O5/c1-18(2)14-23-28(38)34-25(16-20(5)6)31(41)37-27(21(7)8)32(42)36-24(15-19(3)4)29(39)35-26(30(40)33-23)17-22-12-10-9-11-13-22/h9-13,18-21,23-27H,14-17H2,1-8H3,(H,33,40)(H,34,38)(H,35,39)(H,36,42)(H,37,41)/t23-,24-,25+,26-,27-/m0/s1. The highest BCUT2D eigenvalue weighted by atomic mass is 16.2. The maximum atomic E-state index is 13.7. The van der Waals surface area contributed by atoms with Crippen molar-refractivity contribution in [2.45, 2.75) is 111 Å². The minimum Gasteiger partial charge on any atom is -0.343 e. The Bertz CT molecular complexity index is 1070. The Morgan fingerprint density at radius 2 is 0.857 bits per heavy atom. The number of rotatable bonds is 9. The Balaban J connectivity index is 2.59. The molecule has 1 aliphatic rings. The van der Waals surface area contributed by atoms with Crippen LogP contribution in [0.5, 0.6) is 0 Å². The van der Waals surface area contributed by atoms with Gasteiger partial charge in [0.05, 0.1) is 0 Å². The van der Waals surface area contributed by atoms with Crippen molar-refractivity contribution >= 4 is 29.5 Å². The van der Waals surface area contributed by atoms with Gasteiger partial charge in [0, 0.05) is 6.42 Å². The molecule has 0 spiro atoms. The molecule has 2 rings (SSSR count). The Hall–Kier alpha value is -3.43. The van der Waals surface area contributed by atoms with Gasteiger partial charge in [0.15, 0.2) is 0 Å². The number of nitrogens with one attached hydrogen (secondary N) is 5. The number of hydrogen-bond acceptors (Lipinski definition) is 5. The average molecular weight is 586 g/mol. The third-order valence-corrected chi connectivity index (χ3v) is 7.18. The van der Waals surface area contributed by atoms with Gasteiger partial charge < -0.3 is 26.6 Å². The molecule has 10 nitrogen and oxygen atoms in total. The summed E-state index contributed by atoms with van der Waals surface area (Å²) in [6, 6.07) is 4.61. The van der Waals surface area contributed by atoms with E-state index >= 15 is 0 Å². The van der Waals surface area contributed by atoms with Crippen LogP contribution in [0.25, 0.3) is 0 Å². The normalized spacial score (nSPS) is 25.0. The molecule has 42 heavy (non-hydrogen) atoms. The zero-order valence-corrected chi connectivity index (χ0v) is 26.5. The minimum atomic E-state index is -0.994. The predicted molar refractivity (Wildman–Crippen MR) is 163 cm³/mol. The number of carbonyl (C=O) groups excluding carboxylic acids is 5. The molecule has 1 aromatic carbocycles. The quantitative estimate of drug-likeness (QED) is 0.302. The number of benzene rings is 1. The molecule has 5 amide bonds. The summed E-state index contributed by atoms with van der Waals surface area (Å²) in [7, 11) is 0. The van der Waals surface area contributed by atoms with Gasteiger partial charge in [-0.25, -0.2) is 0 Å². The van der Waals surface area contributed by atoms with E-state index in [0.29, 0.717) is 19.3 Å². The number of carbonyl (C=O) groups is 5. The molecule has 0 unspecified atom stereocenters. The number of hydrogen-bond donors (Lipinski definition) is 5. The van der Waals surface area contributed by atoms with Crippen molar-refractivity contribution in [3.05, 3.63) is 35.9 Å². The van der Waals surface area contributed by atoms with Crippen LogP contribution in [0.2, 0.25) is 0 Å². The van der Waals surface area contributed by atoms with Gasteiger partial charge in [-0.1, -0.05) is 85.7 Å². The maximum absolute atomic E-state index is 13.7. The van der Waals surface area contributed by atoms with Crippen molar-refractivity contribution < 1.29 is 24.0 Å². The first-order valence-electron chi connectivity index (χ1n) is 15.2. The van der Waals surface area contributed by atoms with Gasteiger partial charge in [-0.05, 0) is 48.5 Å². The van der Waals surface area contributed by atoms with E-state index in [1.54, 1.807) is 0 Å². The first-order chi connectivity index (χ1) is 19.7. The molecule has 234 valence electrons. The van der Waals surface area contributed by atoms with Gasteiger partial charge in [-0.2, -0.15) is 0 Å². The second kappa shape index (κ2) is 16.3. The third kappa shape index (κ3) is 11.1. The summed E-state index contributed by atoms with van der Waals surface area (Å²) in [6.07, 6.45) is 1.21. The predicted octanol–water partition coefficient (Wildman–Crippen LogP) is 2.46. The average Bonchev–Trinajstić information content (AvgIpc) is 2.89. The molecule has 1 saturated heterocycles. The summed E-state index contributed by atoms with van der Waals surface area (Å²) in [6.45, 7) is 15.3. The molecule has 0 aromatic heterocycles. The lowest BCUT2D eigenvalue weighted by Crippen LogP contribution is -2.59. The highest BCUT2D eigenvalue weighted by Gasteiger charge is 2.36. The van der Waals surface area contributed by atoms with Crippen molar-refractivity contribution in [1.82, 2.24) is 26.6 Å². The van der Waals surface area contributed by atoms with E-state index in [0.717, 1.165) is 5.56 Å². The highest BCUT2D eigenvalue weighted by molar-refractivity contribution is 5.98. The Morgan fingerprint density at radius 1 is 0.500 bits per heavy atom. The summed E-state index contributed by atoms with van der Waals surface area (Å²) in [5, 5.41) is 14.2. The SMILES string of the molecule is CC(C)C[C@@H]1NC(=O)[C@H](Cc2ccccc2)NC(=O)[C@H](CC(C)C)NC(=O)[C@H](C(C)C)NC(=O)[C@@H](CC(C)C)NC1=O. The second-order valence-electron chi connectivity index (χ2n) is 13.1. The van der Waals surface area contributed by atoms with Crippen LogP contribution in [0.3, 0.4) is 0 Å². The summed E-state index contributed by atoms with van der Waals surface area (Å²) in [4.78, 5) is 68.0. The number of amides is 5. The van der Waals surface area contributed by atoms with Crippen LogP contribution >= 0.6 is 0 Å². The minimum absolute atomic E-state index is 0.0595. The zero-order valence-electron chi connectivity index (χ0n) is 26.5. The van der Waals surface area contributed by atoms with Crippen molar-refractivity contribution in [3.63, 3.8) is 0 Å². The largest absolute Gasteiger partial charge is 0.343 e. The van der Waals surface area contributed by atoms with Crippen LogP contribution in [-0.4, -0.2) is 59.7 Å². The van der Waals surface area contributed by atoms with E-state index in [-0.39, 0.29) is 30.1 Å². The first kappa shape index (κ1) is 34.8. The molecular weight excluding hydrogens is 534 g/mol. The van der Waals surface area contributed by atoms with Crippen LogP contribution in [0, 0.1) is 23.7 Å². The molecule has 5 atom stereocenters. The van der Waals surface area contributed by atoms with Crippen molar-refractivity contribution in [2.75, 3.05) is 0 Å². The Labute approximate surface area is 250 Å². The van der Waals surface area contributed by atoms with Crippen LogP contribution in [0.15, 0.2) is 30.3 Å². The molecule has 1 fully saturated rings. The smallest absolute Gasteiger partial charge is 0.243 e. The molecule has 0 saturated carbocycles. The van der Waals surface area contributed by atoms with Crippen molar-refractivity contribution in [2.24, 2.45) is 23.7 Å². The Kier molecular flexibility index (Phi) is 13.5. The summed E-state index contributed by atoms with van der Waals surface area (Å²) in [5.41, 5.74) is 0.830. The molecule has 10 heteroatoms. The van der Waals surface area contributed by atoms with E-state index < -0.39 is 59.7 Å². The fourth-order valence-corrected chi connectivity index (χ4v) is 5.04. The summed E-state index contributed by atoms with van der Waals surface area (Å²) >= 11 is 0. The van der Waals surface area contributed by atoms with Crippen LogP contribution < -0.4 is 26.6 Å². The van der Waals surface area contributed by atoms with E-state index in [1.807, 2.05) is 85.7 Å². The lowest BCUT2D eigenvalue weighted by molar-refractivity contribution is -0.135. The monoisotopic (exact) mass is 585 g/mol. The molecule has 0 aliphatic carbocycles. The van der Waals surface area contributed by atoms with E-state index in [2.05, 4.69) is 26.6 Å². The molecule has 1 aliphatic heterocycles. The van der Waals surface area contributed by atoms with Crippen LogP contribution in [-0.2, 0) is 30.4 Å². The summed E-state index contributed by atoms with van der Waals surface area (Å²) in [5.74, 6) is -2.57. The fourth-order valence-electron chi connectivity index (χ4n) is 5.04. The fraction of sp³-hybridized carbons (Fsp3) is 0.656.